The lowest BCUT2D eigenvalue weighted by Crippen LogP contribution is -2.58. The van der Waals surface area contributed by atoms with Crippen LogP contribution in [0.25, 0.3) is 0 Å². The van der Waals surface area contributed by atoms with Gasteiger partial charge in [-0.2, -0.15) is 21.6 Å². The topological polar surface area (TPSA) is 89.5 Å². The first-order valence-corrected chi connectivity index (χ1v) is 21.4. The third-order valence-electron chi connectivity index (χ3n) is 10.4. The molecule has 0 radical (unpaired) electrons. The fraction of sp³-hybridized carbons (Fsp3) is 0.265. The van der Waals surface area contributed by atoms with E-state index < -0.39 is 51.9 Å². The molecule has 8 nitrogen and oxygen atoms in total. The molecule has 1 aliphatic heterocycles. The molecule has 2 unspecified atom stereocenters. The van der Waals surface area contributed by atoms with E-state index in [0.29, 0.717) is 19.6 Å². The number of hydrogen-bond donors (Lipinski definition) is 0. The van der Waals surface area contributed by atoms with Gasteiger partial charge in [0.25, 0.3) is 0 Å². The Balaban J connectivity index is 1.23. The second-order valence-electron chi connectivity index (χ2n) is 14.9. The molecular formula is C49H47F3O8S. The van der Waals surface area contributed by atoms with E-state index in [4.69, 9.17) is 23.7 Å². The average molecular weight is 853 g/mol. The van der Waals surface area contributed by atoms with Gasteiger partial charge in [-0.1, -0.05) is 152 Å². The highest BCUT2D eigenvalue weighted by Gasteiger charge is 2.50. The van der Waals surface area contributed by atoms with Gasteiger partial charge in [-0.15, -0.1) is 0 Å². The van der Waals surface area contributed by atoms with Crippen molar-refractivity contribution in [3.8, 4) is 5.75 Å². The minimum atomic E-state index is -5.80. The summed E-state index contributed by atoms with van der Waals surface area (Å²) in [4.78, 5) is 0. The van der Waals surface area contributed by atoms with E-state index in [1.807, 2.05) is 146 Å². The predicted octanol–water partition coefficient (Wildman–Crippen LogP) is 10.2. The van der Waals surface area contributed by atoms with Gasteiger partial charge in [-0.05, 0) is 70.0 Å². The van der Waals surface area contributed by atoms with Crippen molar-refractivity contribution >= 4 is 10.1 Å². The van der Waals surface area contributed by atoms with E-state index in [9.17, 15) is 21.6 Å². The van der Waals surface area contributed by atoms with Crippen molar-refractivity contribution < 1.29 is 49.5 Å². The maximum Gasteiger partial charge on any atom is 0.534 e. The van der Waals surface area contributed by atoms with Crippen molar-refractivity contribution in [1.82, 2.24) is 0 Å². The Kier molecular flexibility index (Phi) is 14.7. The molecule has 1 fully saturated rings. The number of aryl methyl sites for hydroxylation is 1. The Morgan fingerprint density at radius 1 is 0.557 bits per heavy atom. The van der Waals surface area contributed by atoms with Gasteiger partial charge in [0.2, 0.25) is 0 Å². The van der Waals surface area contributed by atoms with Crippen LogP contribution >= 0.6 is 0 Å². The van der Waals surface area contributed by atoms with Gasteiger partial charge in [0.1, 0.15) is 36.3 Å². The predicted molar refractivity (Wildman–Crippen MR) is 225 cm³/mol. The van der Waals surface area contributed by atoms with Crippen LogP contribution in [-0.4, -0.2) is 44.9 Å². The van der Waals surface area contributed by atoms with Crippen LogP contribution in [-0.2, 0) is 66.7 Å². The van der Waals surface area contributed by atoms with Crippen LogP contribution in [0.15, 0.2) is 164 Å². The molecule has 61 heavy (non-hydrogen) atoms. The second kappa shape index (κ2) is 20.5. The largest absolute Gasteiger partial charge is 0.534 e. The number of benzene rings is 6. The molecular weight excluding hydrogens is 806 g/mol. The molecule has 1 heterocycles. The summed E-state index contributed by atoms with van der Waals surface area (Å²) in [7, 11) is -5.80. The van der Waals surface area contributed by atoms with Crippen molar-refractivity contribution in [3.63, 3.8) is 0 Å². The van der Waals surface area contributed by atoms with Gasteiger partial charge in [-0.3, -0.25) is 0 Å². The molecule has 1 saturated heterocycles. The molecule has 0 bridgehead atoms. The monoisotopic (exact) mass is 852 g/mol. The summed E-state index contributed by atoms with van der Waals surface area (Å²) in [6, 6.07) is 51.2. The zero-order chi connectivity index (χ0) is 42.7. The molecule has 1 aliphatic rings. The summed E-state index contributed by atoms with van der Waals surface area (Å²) in [6.45, 7) is 3.38. The lowest BCUT2D eigenvalue weighted by Gasteiger charge is -2.46. The van der Waals surface area contributed by atoms with Gasteiger partial charge >= 0.3 is 15.6 Å². The normalized spacial score (nSPS) is 19.4. The molecule has 0 aromatic heterocycles. The summed E-state index contributed by atoms with van der Waals surface area (Å²) < 4.78 is 100. The third kappa shape index (κ3) is 11.9. The van der Waals surface area contributed by atoms with E-state index >= 15 is 0 Å². The minimum Gasteiger partial charge on any atom is -0.376 e. The van der Waals surface area contributed by atoms with Crippen molar-refractivity contribution in [2.45, 2.75) is 75.8 Å². The maximum absolute atomic E-state index is 13.0. The van der Waals surface area contributed by atoms with Crippen LogP contribution in [0.4, 0.5) is 13.2 Å². The van der Waals surface area contributed by atoms with E-state index in [1.54, 1.807) is 12.1 Å². The third-order valence-corrected chi connectivity index (χ3v) is 11.4. The molecule has 0 N–H and O–H groups in total. The number of ether oxygens (including phenoxy) is 5. The van der Waals surface area contributed by atoms with E-state index in [1.165, 1.54) is 12.1 Å². The Hall–Kier alpha value is -5.34. The van der Waals surface area contributed by atoms with E-state index in [2.05, 4.69) is 4.18 Å². The van der Waals surface area contributed by atoms with E-state index in [0.717, 1.165) is 44.5 Å². The summed E-state index contributed by atoms with van der Waals surface area (Å²) in [5.41, 5.74) is 1.84. The first-order chi connectivity index (χ1) is 29.5. The fourth-order valence-electron chi connectivity index (χ4n) is 7.17. The summed E-state index contributed by atoms with van der Waals surface area (Å²) in [5.74, 6) is -0.438. The van der Waals surface area contributed by atoms with Crippen LogP contribution in [0, 0.1) is 6.92 Å². The summed E-state index contributed by atoms with van der Waals surface area (Å²) in [5, 5.41) is 0. The molecule has 5 atom stereocenters. The number of rotatable bonds is 18. The summed E-state index contributed by atoms with van der Waals surface area (Å²) >= 11 is 0. The maximum atomic E-state index is 13.0. The fourth-order valence-corrected chi connectivity index (χ4v) is 7.63. The molecule has 12 heteroatoms. The zero-order valence-corrected chi connectivity index (χ0v) is 34.3. The van der Waals surface area contributed by atoms with Crippen LogP contribution in [0.1, 0.15) is 50.6 Å². The molecule has 6 aromatic carbocycles. The molecule has 6 aromatic rings. The van der Waals surface area contributed by atoms with Crippen LogP contribution < -0.4 is 4.18 Å². The minimum absolute atomic E-state index is 0.193. The SMILES string of the molecule is Cc1ccc(C2OC(COCc3ccccc3)[C@@H](OCc3ccccc3)[C@H](OCc3ccccc3)[C@H]2OCc2ccccc2)cc1Cc1ccc(OS(=O)(=O)C(F)(F)F)cc1. The second-order valence-corrected chi connectivity index (χ2v) is 16.4. The highest BCUT2D eigenvalue weighted by atomic mass is 32.2. The Labute approximate surface area is 354 Å². The van der Waals surface area contributed by atoms with Crippen molar-refractivity contribution in [1.29, 1.82) is 0 Å². The summed E-state index contributed by atoms with van der Waals surface area (Å²) in [6.07, 6.45) is -2.80. The van der Waals surface area contributed by atoms with E-state index in [-0.39, 0.29) is 19.8 Å². The molecule has 0 saturated carbocycles. The van der Waals surface area contributed by atoms with Gasteiger partial charge in [0, 0.05) is 0 Å². The number of hydrogen-bond acceptors (Lipinski definition) is 8. The standard InChI is InChI=1S/C49H47F3O8S/c1-35-22-25-41(29-42(35)28-36-23-26-43(27-24-36)60-61(53,54)49(50,51)52)45-47(57-32-39-18-10-4-11-19-39)48(58-33-40-20-12-5-13-21-40)46(56-31-38-16-8-3-9-17-38)44(59-45)34-55-30-37-14-6-2-7-15-37/h2-27,29,44-48H,28,30-34H2,1H3/t44?,45?,46-,47+,48+/m1/s1. The first-order valence-electron chi connectivity index (χ1n) is 20.0. The van der Waals surface area contributed by atoms with Crippen LogP contribution in [0.5, 0.6) is 5.75 Å². The Morgan fingerprint density at radius 2 is 1.03 bits per heavy atom. The van der Waals surface area contributed by atoms with Gasteiger partial charge in [0.05, 0.1) is 33.0 Å². The zero-order valence-electron chi connectivity index (χ0n) is 33.5. The molecule has 0 spiro atoms. The van der Waals surface area contributed by atoms with Gasteiger partial charge in [0.15, 0.2) is 0 Å². The Morgan fingerprint density at radius 3 is 1.54 bits per heavy atom. The van der Waals surface area contributed by atoms with Crippen molar-refractivity contribution in [2.75, 3.05) is 6.61 Å². The number of halogens is 3. The smallest absolute Gasteiger partial charge is 0.376 e. The van der Waals surface area contributed by atoms with Gasteiger partial charge in [-0.25, -0.2) is 0 Å². The van der Waals surface area contributed by atoms with Gasteiger partial charge < -0.3 is 27.9 Å². The number of alkyl halides is 3. The van der Waals surface area contributed by atoms with Crippen molar-refractivity contribution in [3.05, 3.63) is 208 Å². The highest BCUT2D eigenvalue weighted by Crippen LogP contribution is 2.39. The van der Waals surface area contributed by atoms with Crippen molar-refractivity contribution in [2.24, 2.45) is 0 Å². The Bertz CT molecular complexity index is 2370. The molecule has 7 rings (SSSR count). The highest BCUT2D eigenvalue weighted by molar-refractivity contribution is 7.88. The molecule has 0 amide bonds. The van der Waals surface area contributed by atoms with Crippen LogP contribution in [0.2, 0.25) is 0 Å². The average Bonchev–Trinajstić information content (AvgIpc) is 3.27. The lowest BCUT2D eigenvalue weighted by atomic mass is 9.88. The first kappa shape index (κ1) is 43.7. The van der Waals surface area contributed by atoms with Crippen LogP contribution in [0.3, 0.4) is 0 Å². The quantitative estimate of drug-likeness (QED) is 0.0624. The molecule has 318 valence electrons. The lowest BCUT2D eigenvalue weighted by molar-refractivity contribution is -0.275. The molecule has 0 aliphatic carbocycles.